The number of benzene rings is 2. The first-order chi connectivity index (χ1) is 9.25. The SMILES string of the molecule is Clc1cccc(Cl)c1-c1nc(-c2ccccc2)n[nH]1. The molecule has 3 nitrogen and oxygen atoms in total. The number of rotatable bonds is 2. The molecule has 0 radical (unpaired) electrons. The van der Waals surface area contributed by atoms with Gasteiger partial charge in [0.25, 0.3) is 0 Å². The van der Waals surface area contributed by atoms with Crippen LogP contribution >= 0.6 is 23.2 Å². The molecule has 94 valence electrons. The van der Waals surface area contributed by atoms with E-state index in [0.717, 1.165) is 5.56 Å². The Morgan fingerprint density at radius 3 is 2.21 bits per heavy atom. The maximum absolute atomic E-state index is 6.15. The van der Waals surface area contributed by atoms with Crippen LogP contribution in [0, 0.1) is 0 Å². The minimum absolute atomic E-state index is 0.545. The molecule has 3 aromatic rings. The number of H-pyrrole nitrogens is 1. The molecule has 0 bridgehead atoms. The summed E-state index contributed by atoms with van der Waals surface area (Å²) in [6.45, 7) is 0. The van der Waals surface area contributed by atoms with Crippen LogP contribution in [0.1, 0.15) is 0 Å². The highest BCUT2D eigenvalue weighted by molar-refractivity contribution is 6.38. The molecule has 5 heteroatoms. The Balaban J connectivity index is 2.07. The van der Waals surface area contributed by atoms with Gasteiger partial charge in [-0.25, -0.2) is 4.98 Å². The zero-order valence-corrected chi connectivity index (χ0v) is 11.3. The third-order valence-electron chi connectivity index (χ3n) is 2.72. The van der Waals surface area contributed by atoms with Crippen molar-refractivity contribution in [1.82, 2.24) is 15.2 Å². The Bertz CT molecular complexity index is 687. The minimum Gasteiger partial charge on any atom is -0.259 e. The first-order valence-corrected chi connectivity index (χ1v) is 6.43. The van der Waals surface area contributed by atoms with Gasteiger partial charge in [-0.15, -0.1) is 0 Å². The van der Waals surface area contributed by atoms with Crippen LogP contribution in [0.5, 0.6) is 0 Å². The largest absolute Gasteiger partial charge is 0.259 e. The van der Waals surface area contributed by atoms with Gasteiger partial charge in [0.15, 0.2) is 11.6 Å². The molecule has 0 atom stereocenters. The van der Waals surface area contributed by atoms with Crippen LogP contribution in [0.2, 0.25) is 10.0 Å². The maximum Gasteiger partial charge on any atom is 0.181 e. The topological polar surface area (TPSA) is 41.6 Å². The Morgan fingerprint density at radius 1 is 0.842 bits per heavy atom. The summed E-state index contributed by atoms with van der Waals surface area (Å²) in [6, 6.07) is 15.1. The van der Waals surface area contributed by atoms with Crippen molar-refractivity contribution in [3.63, 3.8) is 0 Å². The van der Waals surface area contributed by atoms with Crippen molar-refractivity contribution < 1.29 is 0 Å². The minimum atomic E-state index is 0.545. The van der Waals surface area contributed by atoms with E-state index in [0.29, 0.717) is 27.3 Å². The maximum atomic E-state index is 6.15. The van der Waals surface area contributed by atoms with E-state index in [2.05, 4.69) is 15.2 Å². The van der Waals surface area contributed by atoms with Gasteiger partial charge in [-0.3, -0.25) is 5.10 Å². The van der Waals surface area contributed by atoms with Gasteiger partial charge in [-0.1, -0.05) is 59.6 Å². The molecule has 0 unspecified atom stereocenters. The van der Waals surface area contributed by atoms with Crippen LogP contribution in [0.25, 0.3) is 22.8 Å². The molecule has 0 aliphatic carbocycles. The third kappa shape index (κ3) is 2.35. The fraction of sp³-hybridized carbons (Fsp3) is 0. The standard InChI is InChI=1S/C14H9Cl2N3/c15-10-7-4-8-11(16)12(10)14-17-13(18-19-14)9-5-2-1-3-6-9/h1-8H,(H,17,18,19). The van der Waals surface area contributed by atoms with Crippen molar-refractivity contribution in [2.45, 2.75) is 0 Å². The lowest BCUT2D eigenvalue weighted by Crippen LogP contribution is -1.84. The number of aromatic nitrogens is 3. The van der Waals surface area contributed by atoms with Crippen molar-refractivity contribution in [3.05, 3.63) is 58.6 Å². The highest BCUT2D eigenvalue weighted by Gasteiger charge is 2.13. The molecule has 0 aliphatic rings. The van der Waals surface area contributed by atoms with Crippen LogP contribution in [0.3, 0.4) is 0 Å². The summed E-state index contributed by atoms with van der Waals surface area (Å²) >= 11 is 12.3. The zero-order chi connectivity index (χ0) is 13.2. The van der Waals surface area contributed by atoms with Crippen LogP contribution in [-0.2, 0) is 0 Å². The second kappa shape index (κ2) is 5.03. The molecule has 1 N–H and O–H groups in total. The van der Waals surface area contributed by atoms with Gasteiger partial charge >= 0.3 is 0 Å². The fourth-order valence-corrected chi connectivity index (χ4v) is 2.39. The monoisotopic (exact) mass is 289 g/mol. The van der Waals surface area contributed by atoms with Gasteiger partial charge < -0.3 is 0 Å². The van der Waals surface area contributed by atoms with Gasteiger partial charge in [0.1, 0.15) is 0 Å². The molecule has 1 aromatic heterocycles. The molecule has 0 fully saturated rings. The molecule has 0 aliphatic heterocycles. The molecular weight excluding hydrogens is 281 g/mol. The van der Waals surface area contributed by atoms with Crippen molar-refractivity contribution in [2.75, 3.05) is 0 Å². The molecule has 1 heterocycles. The van der Waals surface area contributed by atoms with E-state index >= 15 is 0 Å². The van der Waals surface area contributed by atoms with E-state index in [9.17, 15) is 0 Å². The predicted molar refractivity (Wildman–Crippen MR) is 77.3 cm³/mol. The van der Waals surface area contributed by atoms with Crippen LogP contribution in [0.4, 0.5) is 0 Å². The average Bonchev–Trinajstić information content (AvgIpc) is 2.89. The Morgan fingerprint density at radius 2 is 1.53 bits per heavy atom. The summed E-state index contributed by atoms with van der Waals surface area (Å²) in [6.07, 6.45) is 0. The molecule has 0 amide bonds. The van der Waals surface area contributed by atoms with Gasteiger partial charge in [-0.05, 0) is 12.1 Å². The Labute approximate surface area is 120 Å². The summed E-state index contributed by atoms with van der Waals surface area (Å²) in [5.41, 5.74) is 1.61. The van der Waals surface area contributed by atoms with Crippen molar-refractivity contribution in [1.29, 1.82) is 0 Å². The predicted octanol–water partition coefficient (Wildman–Crippen LogP) is 4.45. The lowest BCUT2D eigenvalue weighted by atomic mass is 10.2. The number of hydrogen-bond acceptors (Lipinski definition) is 2. The number of halogens is 2. The van der Waals surface area contributed by atoms with E-state index in [1.54, 1.807) is 18.2 Å². The molecule has 0 spiro atoms. The highest BCUT2D eigenvalue weighted by Crippen LogP contribution is 2.32. The van der Waals surface area contributed by atoms with E-state index in [-0.39, 0.29) is 0 Å². The first kappa shape index (κ1) is 12.2. The number of nitrogens with zero attached hydrogens (tertiary/aromatic N) is 2. The average molecular weight is 290 g/mol. The Kier molecular flexibility index (Phi) is 3.23. The van der Waals surface area contributed by atoms with Gasteiger partial charge in [0, 0.05) is 5.56 Å². The summed E-state index contributed by atoms with van der Waals surface area (Å²) in [5.74, 6) is 1.18. The summed E-state index contributed by atoms with van der Waals surface area (Å²) < 4.78 is 0. The summed E-state index contributed by atoms with van der Waals surface area (Å²) in [7, 11) is 0. The second-order valence-electron chi connectivity index (χ2n) is 3.97. The van der Waals surface area contributed by atoms with Gasteiger partial charge in [0.2, 0.25) is 0 Å². The fourth-order valence-electron chi connectivity index (χ4n) is 1.81. The molecule has 0 saturated heterocycles. The number of hydrogen-bond donors (Lipinski definition) is 1. The first-order valence-electron chi connectivity index (χ1n) is 5.68. The van der Waals surface area contributed by atoms with E-state index in [1.807, 2.05) is 30.3 Å². The van der Waals surface area contributed by atoms with Crippen molar-refractivity contribution >= 4 is 23.2 Å². The van der Waals surface area contributed by atoms with Gasteiger partial charge in [0.05, 0.1) is 15.6 Å². The highest BCUT2D eigenvalue weighted by atomic mass is 35.5. The van der Waals surface area contributed by atoms with Crippen LogP contribution in [0.15, 0.2) is 48.5 Å². The molecular formula is C14H9Cl2N3. The molecule has 0 saturated carbocycles. The number of aromatic amines is 1. The number of nitrogens with one attached hydrogen (secondary N) is 1. The normalized spacial score (nSPS) is 10.6. The molecule has 3 rings (SSSR count). The smallest absolute Gasteiger partial charge is 0.181 e. The summed E-state index contributed by atoms with van der Waals surface area (Å²) in [5, 5.41) is 8.15. The van der Waals surface area contributed by atoms with Gasteiger partial charge in [-0.2, -0.15) is 5.10 Å². The summed E-state index contributed by atoms with van der Waals surface area (Å²) in [4.78, 5) is 4.44. The van der Waals surface area contributed by atoms with E-state index in [4.69, 9.17) is 23.2 Å². The van der Waals surface area contributed by atoms with Crippen LogP contribution in [-0.4, -0.2) is 15.2 Å². The van der Waals surface area contributed by atoms with Crippen molar-refractivity contribution in [3.8, 4) is 22.8 Å². The molecule has 2 aromatic carbocycles. The lowest BCUT2D eigenvalue weighted by molar-refractivity contribution is 1.10. The quantitative estimate of drug-likeness (QED) is 0.757. The third-order valence-corrected chi connectivity index (χ3v) is 3.35. The second-order valence-corrected chi connectivity index (χ2v) is 4.78. The zero-order valence-electron chi connectivity index (χ0n) is 9.77. The van der Waals surface area contributed by atoms with E-state index in [1.165, 1.54) is 0 Å². The van der Waals surface area contributed by atoms with E-state index < -0.39 is 0 Å². The lowest BCUT2D eigenvalue weighted by Gasteiger charge is -2.01. The Hall–Kier alpha value is -1.84. The van der Waals surface area contributed by atoms with Crippen molar-refractivity contribution in [2.24, 2.45) is 0 Å². The van der Waals surface area contributed by atoms with Crippen LogP contribution < -0.4 is 0 Å². The molecule has 19 heavy (non-hydrogen) atoms.